The Labute approximate surface area is 110 Å². The Morgan fingerprint density at radius 2 is 1.89 bits per heavy atom. The number of carbonyl (C=O) groups is 1. The van der Waals surface area contributed by atoms with Gasteiger partial charge in [-0.25, -0.2) is 8.42 Å². The van der Waals surface area contributed by atoms with Crippen LogP contribution in [0.4, 0.5) is 0 Å². The number of hydrogen-bond acceptors (Lipinski definition) is 4. The van der Waals surface area contributed by atoms with E-state index in [4.69, 9.17) is 5.11 Å². The second-order valence-electron chi connectivity index (χ2n) is 4.23. The van der Waals surface area contributed by atoms with Crippen LogP contribution in [0.5, 0.6) is 0 Å². The van der Waals surface area contributed by atoms with Gasteiger partial charge in [0.05, 0.1) is 29.1 Å². The zero-order valence-electron chi connectivity index (χ0n) is 10.1. The van der Waals surface area contributed by atoms with Crippen LogP contribution in [-0.2, 0) is 20.4 Å². The van der Waals surface area contributed by atoms with Crippen LogP contribution in [0.2, 0.25) is 0 Å². The van der Waals surface area contributed by atoms with Crippen LogP contribution >= 0.6 is 0 Å². The number of para-hydroxylation sites is 1. The van der Waals surface area contributed by atoms with Crippen molar-refractivity contribution in [1.82, 2.24) is 4.98 Å². The largest absolute Gasteiger partial charge is 0.481 e. The first-order chi connectivity index (χ1) is 8.96. The number of carboxylic acid groups (broad SMARTS) is 1. The molecule has 2 rings (SSSR count). The van der Waals surface area contributed by atoms with Crippen molar-refractivity contribution >= 4 is 26.7 Å². The molecule has 1 aromatic heterocycles. The maximum Gasteiger partial charge on any atom is 0.304 e. The Morgan fingerprint density at radius 3 is 2.63 bits per heavy atom. The molecule has 0 unspecified atom stereocenters. The van der Waals surface area contributed by atoms with Crippen LogP contribution in [0.25, 0.3) is 10.9 Å². The zero-order chi connectivity index (χ0) is 13.9. The van der Waals surface area contributed by atoms with Gasteiger partial charge >= 0.3 is 5.97 Å². The third-order valence-electron chi connectivity index (χ3n) is 2.65. The van der Waals surface area contributed by atoms with E-state index < -0.39 is 15.8 Å². The molecule has 0 saturated carbocycles. The Bertz CT molecular complexity index is 709. The van der Waals surface area contributed by atoms with E-state index in [9.17, 15) is 13.2 Å². The van der Waals surface area contributed by atoms with E-state index in [0.29, 0.717) is 5.69 Å². The number of sulfone groups is 1. The van der Waals surface area contributed by atoms with Gasteiger partial charge in [0.2, 0.25) is 0 Å². The van der Waals surface area contributed by atoms with E-state index in [2.05, 4.69) is 4.98 Å². The van der Waals surface area contributed by atoms with Crippen molar-refractivity contribution in [3.8, 4) is 0 Å². The molecule has 1 N–H and O–H groups in total. The number of fused-ring (bicyclic) bond motifs is 1. The van der Waals surface area contributed by atoms with Crippen LogP contribution < -0.4 is 0 Å². The molecular formula is C13H13NO4S. The van der Waals surface area contributed by atoms with Crippen LogP contribution in [0.15, 0.2) is 36.4 Å². The summed E-state index contributed by atoms with van der Waals surface area (Å²) < 4.78 is 23.5. The van der Waals surface area contributed by atoms with E-state index >= 15 is 0 Å². The summed E-state index contributed by atoms with van der Waals surface area (Å²) in [4.78, 5) is 14.7. The summed E-state index contributed by atoms with van der Waals surface area (Å²) >= 11 is 0. The molecule has 0 amide bonds. The van der Waals surface area contributed by atoms with Gasteiger partial charge in [0.1, 0.15) is 0 Å². The number of benzene rings is 1. The lowest BCUT2D eigenvalue weighted by Crippen LogP contribution is -2.13. The maximum atomic E-state index is 11.7. The summed E-state index contributed by atoms with van der Waals surface area (Å²) in [6.07, 6.45) is -0.379. The van der Waals surface area contributed by atoms with Gasteiger partial charge in [-0.15, -0.1) is 0 Å². The number of aromatic nitrogens is 1. The molecule has 19 heavy (non-hydrogen) atoms. The SMILES string of the molecule is O=C(O)CCS(=O)(=O)Cc1ccc2ccccc2n1. The van der Waals surface area contributed by atoms with Crippen molar-refractivity contribution in [2.45, 2.75) is 12.2 Å². The fourth-order valence-electron chi connectivity index (χ4n) is 1.73. The first kappa shape index (κ1) is 13.5. The summed E-state index contributed by atoms with van der Waals surface area (Å²) in [7, 11) is -3.44. The van der Waals surface area contributed by atoms with Gasteiger partial charge in [-0.1, -0.05) is 24.3 Å². The van der Waals surface area contributed by atoms with Crippen molar-refractivity contribution in [2.24, 2.45) is 0 Å². The molecule has 0 aliphatic carbocycles. The van der Waals surface area contributed by atoms with E-state index in [0.717, 1.165) is 10.9 Å². The fraction of sp³-hybridized carbons (Fsp3) is 0.231. The van der Waals surface area contributed by atoms with Gasteiger partial charge in [0.15, 0.2) is 9.84 Å². The van der Waals surface area contributed by atoms with Gasteiger partial charge in [0, 0.05) is 5.39 Å². The molecule has 0 fully saturated rings. The highest BCUT2D eigenvalue weighted by Gasteiger charge is 2.15. The Hall–Kier alpha value is -1.95. The summed E-state index contributed by atoms with van der Waals surface area (Å²) in [5, 5.41) is 9.44. The zero-order valence-corrected chi connectivity index (χ0v) is 10.9. The Morgan fingerprint density at radius 1 is 1.16 bits per heavy atom. The lowest BCUT2D eigenvalue weighted by Gasteiger charge is -2.04. The molecule has 0 spiro atoms. The second kappa shape index (κ2) is 5.36. The van der Waals surface area contributed by atoms with Gasteiger partial charge in [-0.2, -0.15) is 0 Å². The van der Waals surface area contributed by atoms with Crippen LogP contribution in [0.1, 0.15) is 12.1 Å². The number of carboxylic acids is 1. The molecule has 0 saturated heterocycles. The predicted molar refractivity (Wildman–Crippen MR) is 71.5 cm³/mol. The third kappa shape index (κ3) is 3.75. The molecule has 100 valence electrons. The second-order valence-corrected chi connectivity index (χ2v) is 6.42. The number of rotatable bonds is 5. The standard InChI is InChI=1S/C13H13NO4S/c15-13(16)7-8-19(17,18)9-11-6-5-10-3-1-2-4-12(10)14-11/h1-6H,7-9H2,(H,15,16). The fourth-order valence-corrected chi connectivity index (χ4v) is 2.97. The smallest absolute Gasteiger partial charge is 0.304 e. The highest BCUT2D eigenvalue weighted by molar-refractivity contribution is 7.90. The molecule has 2 aromatic rings. The van der Waals surface area contributed by atoms with Crippen molar-refractivity contribution in [2.75, 3.05) is 5.75 Å². The average molecular weight is 279 g/mol. The molecule has 0 aliphatic heterocycles. The van der Waals surface area contributed by atoms with E-state index in [1.807, 2.05) is 30.3 Å². The number of hydrogen-bond donors (Lipinski definition) is 1. The van der Waals surface area contributed by atoms with Crippen molar-refractivity contribution in [3.05, 3.63) is 42.1 Å². The monoisotopic (exact) mass is 279 g/mol. The third-order valence-corrected chi connectivity index (χ3v) is 4.21. The predicted octanol–water partition coefficient (Wildman–Crippen LogP) is 1.62. The maximum absolute atomic E-state index is 11.7. The minimum absolute atomic E-state index is 0.231. The number of aliphatic carboxylic acids is 1. The van der Waals surface area contributed by atoms with Crippen LogP contribution in [0, 0.1) is 0 Å². The molecule has 6 heteroatoms. The minimum Gasteiger partial charge on any atom is -0.481 e. The van der Waals surface area contributed by atoms with Crippen molar-refractivity contribution in [1.29, 1.82) is 0 Å². The lowest BCUT2D eigenvalue weighted by atomic mass is 10.2. The molecule has 0 atom stereocenters. The molecule has 1 heterocycles. The molecule has 1 aromatic carbocycles. The number of nitrogens with zero attached hydrogens (tertiary/aromatic N) is 1. The summed E-state index contributed by atoms with van der Waals surface area (Å²) in [5.41, 5.74) is 1.16. The lowest BCUT2D eigenvalue weighted by molar-refractivity contribution is -0.136. The van der Waals surface area contributed by atoms with E-state index in [1.165, 1.54) is 0 Å². The molecular weight excluding hydrogens is 266 g/mol. The average Bonchev–Trinajstić information content (AvgIpc) is 2.36. The van der Waals surface area contributed by atoms with E-state index in [1.54, 1.807) is 6.07 Å². The highest BCUT2D eigenvalue weighted by atomic mass is 32.2. The topological polar surface area (TPSA) is 84.3 Å². The number of pyridine rings is 1. The van der Waals surface area contributed by atoms with Gasteiger partial charge < -0.3 is 5.11 Å². The normalized spacial score (nSPS) is 11.6. The summed E-state index contributed by atoms with van der Waals surface area (Å²) in [6, 6.07) is 10.9. The van der Waals surface area contributed by atoms with Gasteiger partial charge in [0.25, 0.3) is 0 Å². The summed E-state index contributed by atoms with van der Waals surface area (Å²) in [6.45, 7) is 0. The van der Waals surface area contributed by atoms with Crippen LogP contribution in [-0.4, -0.2) is 30.2 Å². The van der Waals surface area contributed by atoms with E-state index in [-0.39, 0.29) is 17.9 Å². The van der Waals surface area contributed by atoms with Gasteiger partial charge in [-0.05, 0) is 12.1 Å². The van der Waals surface area contributed by atoms with Crippen molar-refractivity contribution in [3.63, 3.8) is 0 Å². The Kier molecular flexibility index (Phi) is 3.80. The minimum atomic E-state index is -3.44. The first-order valence-electron chi connectivity index (χ1n) is 5.73. The van der Waals surface area contributed by atoms with Crippen molar-refractivity contribution < 1.29 is 18.3 Å². The van der Waals surface area contributed by atoms with Gasteiger partial charge in [-0.3, -0.25) is 9.78 Å². The highest BCUT2D eigenvalue weighted by Crippen LogP contribution is 2.13. The quantitative estimate of drug-likeness (QED) is 0.899. The van der Waals surface area contributed by atoms with Crippen LogP contribution in [0.3, 0.4) is 0 Å². The summed E-state index contributed by atoms with van der Waals surface area (Å²) in [5.74, 6) is -1.71. The first-order valence-corrected chi connectivity index (χ1v) is 7.55. The molecule has 0 radical (unpaired) electrons. The molecule has 5 nitrogen and oxygen atoms in total. The molecule has 0 aliphatic rings. The Balaban J connectivity index is 2.19. The molecule has 0 bridgehead atoms.